The second-order valence-corrected chi connectivity index (χ2v) is 3.30. The van der Waals surface area contributed by atoms with Crippen LogP contribution in [0.25, 0.3) is 0 Å². The van der Waals surface area contributed by atoms with Crippen molar-refractivity contribution in [3.8, 4) is 0 Å². The molecule has 1 heterocycles. The van der Waals surface area contributed by atoms with Crippen LogP contribution in [0.1, 0.15) is 11.1 Å². The first-order chi connectivity index (χ1) is 7.66. The standard InChI is InChI=1S/C12H8F2NO.4ClH.2Li.2Mg/c13-10-2-1-3-11(14)9(10)6-8-4-5-12(16)15-7-8;;;;;;;;/h1-4,7H,6H2,(H,15,16);4*1H;;;;/q-1;;;;;2*+1;2*+2/p-5. The number of hydrogen-bond acceptors (Lipinski definition) is 1. The van der Waals surface area contributed by atoms with E-state index in [1.807, 2.05) is 0 Å². The van der Waals surface area contributed by atoms with Crippen molar-refractivity contribution in [1.29, 1.82) is 0 Å². The molecule has 0 unspecified atom stereocenters. The van der Waals surface area contributed by atoms with Gasteiger partial charge in [-0.15, -0.1) is 0 Å². The van der Waals surface area contributed by atoms with Crippen molar-refractivity contribution < 1.29 is 96.1 Å². The smallest absolute Gasteiger partial charge is 1.00 e. The van der Waals surface area contributed by atoms with Gasteiger partial charge in [0.25, 0.3) is 0 Å². The van der Waals surface area contributed by atoms with E-state index in [2.05, 4.69) is 11.1 Å². The van der Waals surface area contributed by atoms with Crippen LogP contribution in [0.4, 0.5) is 8.78 Å². The van der Waals surface area contributed by atoms with E-state index >= 15 is 0 Å². The zero-order chi connectivity index (χ0) is 11.5. The summed E-state index contributed by atoms with van der Waals surface area (Å²) in [6.07, 6.45) is 1.35. The van der Waals surface area contributed by atoms with E-state index in [0.717, 1.165) is 0 Å². The van der Waals surface area contributed by atoms with Crippen molar-refractivity contribution in [3.05, 3.63) is 69.6 Å². The summed E-state index contributed by atoms with van der Waals surface area (Å²) in [5, 5.41) is 0. The fourth-order valence-electron chi connectivity index (χ4n) is 1.37. The third kappa shape index (κ3) is 14.0. The Kier molecular flexibility index (Phi) is 43.0. The number of hydrogen-bond donors (Lipinski definition) is 0. The third-order valence-electron chi connectivity index (χ3n) is 2.17. The number of benzene rings is 1. The maximum Gasteiger partial charge on any atom is 2.00 e. The minimum Gasteiger partial charge on any atom is -1.00 e. The fraction of sp³-hybridized carbons (Fsp3) is 0.0833. The number of nitrogens with zero attached hydrogens (tertiary/aromatic N) is 1. The molecule has 0 radical (unpaired) electrons. The Bertz CT molecular complexity index is 556. The SMILES string of the molecule is O=c1[c-]cc(Cc2c(F)cccc2F)c[n-]1.[Cl-].[Cl-].[Cl-].[Cl-].[Li+].[Li+].[Mg+2].[Mg+2]. The maximum absolute atomic E-state index is 13.3. The van der Waals surface area contributed by atoms with Crippen molar-refractivity contribution in [2.75, 3.05) is 0 Å². The average Bonchev–Trinajstić information content (AvgIpc) is 2.26. The molecule has 0 fully saturated rings. The van der Waals surface area contributed by atoms with Crippen molar-refractivity contribution in [2.24, 2.45) is 0 Å². The molecule has 0 saturated carbocycles. The predicted molar refractivity (Wildman–Crippen MR) is 65.5 cm³/mol. The van der Waals surface area contributed by atoms with Gasteiger partial charge in [0.15, 0.2) is 0 Å². The van der Waals surface area contributed by atoms with Gasteiger partial charge in [0.05, 0.1) is 0 Å². The van der Waals surface area contributed by atoms with Crippen LogP contribution < -0.4 is 97.9 Å². The molecular weight excluding hydrogens is 416 g/mol. The Balaban J connectivity index is -0.0000000722. The molecule has 1 aromatic heterocycles. The molecule has 2 aromatic rings. The zero-order valence-electron chi connectivity index (χ0n) is 13.1. The first-order valence-electron chi connectivity index (χ1n) is 4.63. The van der Waals surface area contributed by atoms with Crippen molar-refractivity contribution in [1.82, 2.24) is 4.98 Å². The fourth-order valence-corrected chi connectivity index (χ4v) is 1.37. The van der Waals surface area contributed by atoms with E-state index in [4.69, 9.17) is 0 Å². The minimum absolute atomic E-state index is 0. The average molecular weight is 423 g/mol. The van der Waals surface area contributed by atoms with E-state index in [-0.39, 0.29) is 145 Å². The van der Waals surface area contributed by atoms with E-state index in [0.29, 0.717) is 5.56 Å². The van der Waals surface area contributed by atoms with Gasteiger partial charge in [0.1, 0.15) is 11.6 Å². The summed E-state index contributed by atoms with van der Waals surface area (Å²) in [7, 11) is 0. The number of aromatic nitrogens is 1. The molecule has 114 valence electrons. The molecule has 0 atom stereocenters. The number of halogens is 6. The van der Waals surface area contributed by atoms with Crippen LogP contribution in [0.2, 0.25) is 0 Å². The van der Waals surface area contributed by atoms with Crippen molar-refractivity contribution >= 4 is 46.1 Å². The summed E-state index contributed by atoms with van der Waals surface area (Å²) in [5.74, 6) is -1.21. The van der Waals surface area contributed by atoms with Crippen LogP contribution in [0.15, 0.2) is 35.3 Å². The predicted octanol–water partition coefficient (Wildman–Crippen LogP) is -17.1. The van der Waals surface area contributed by atoms with Crippen molar-refractivity contribution in [3.63, 3.8) is 0 Å². The van der Waals surface area contributed by atoms with E-state index in [1.54, 1.807) is 0 Å². The van der Waals surface area contributed by atoms with E-state index in [9.17, 15) is 13.6 Å². The van der Waals surface area contributed by atoms with Gasteiger partial charge in [-0.05, 0) is 17.7 Å². The van der Waals surface area contributed by atoms with Crippen molar-refractivity contribution in [2.45, 2.75) is 6.42 Å². The maximum atomic E-state index is 13.3. The van der Waals surface area contributed by atoms with Gasteiger partial charge >= 0.3 is 83.8 Å². The first kappa shape index (κ1) is 45.0. The summed E-state index contributed by atoms with van der Waals surface area (Å²) < 4.78 is 26.6. The van der Waals surface area contributed by atoms with E-state index < -0.39 is 17.2 Å². The Hall–Kier alpha value is 1.92. The van der Waals surface area contributed by atoms with Crippen LogP contribution in [0, 0.1) is 17.7 Å². The van der Waals surface area contributed by atoms with Crippen LogP contribution in [0.3, 0.4) is 0 Å². The molecule has 2 rings (SSSR count). The van der Waals surface area contributed by atoms with Crippen LogP contribution in [-0.4, -0.2) is 46.1 Å². The largest absolute Gasteiger partial charge is 2.00 e. The first-order valence-corrected chi connectivity index (χ1v) is 4.63. The number of pyridine rings is 1. The zero-order valence-corrected chi connectivity index (χ0v) is 19.0. The van der Waals surface area contributed by atoms with Gasteiger partial charge in [-0.25, -0.2) is 26.5 Å². The topological polar surface area (TPSA) is 31.2 Å². The van der Waals surface area contributed by atoms with Crippen LogP contribution in [-0.2, 0) is 6.42 Å². The number of rotatable bonds is 2. The molecule has 0 N–H and O–H groups in total. The molecule has 12 heteroatoms. The molecule has 0 amide bonds. The van der Waals surface area contributed by atoms with Gasteiger partial charge in [0, 0.05) is 5.56 Å². The Morgan fingerprint density at radius 2 is 1.42 bits per heavy atom. The molecule has 0 aliphatic heterocycles. The van der Waals surface area contributed by atoms with Crippen LogP contribution in [0.5, 0.6) is 0 Å². The second-order valence-electron chi connectivity index (χ2n) is 3.30. The molecular formula is C12H7Cl4F2Li2Mg2NO. The molecule has 0 spiro atoms. The minimum atomic E-state index is -0.605. The summed E-state index contributed by atoms with van der Waals surface area (Å²) in [6.45, 7) is 0. The van der Waals surface area contributed by atoms with Gasteiger partial charge in [-0.3, -0.25) is 6.20 Å². The van der Waals surface area contributed by atoms with Gasteiger partial charge < -0.3 is 59.4 Å². The van der Waals surface area contributed by atoms with Crippen LogP contribution >= 0.6 is 0 Å². The van der Waals surface area contributed by atoms with Gasteiger partial charge in [-0.2, -0.15) is 0 Å². The monoisotopic (exact) mass is 421 g/mol. The Morgan fingerprint density at radius 3 is 1.79 bits per heavy atom. The summed E-state index contributed by atoms with van der Waals surface area (Å²) in [6, 6.07) is 7.43. The van der Waals surface area contributed by atoms with Gasteiger partial charge in [0.2, 0.25) is 0 Å². The normalized spacial score (nSPS) is 6.92. The molecule has 24 heavy (non-hydrogen) atoms. The molecule has 1 aromatic carbocycles. The third-order valence-corrected chi connectivity index (χ3v) is 2.17. The molecule has 0 bridgehead atoms. The second kappa shape index (κ2) is 23.0. The summed E-state index contributed by atoms with van der Waals surface area (Å²) in [5.41, 5.74) is 0.0257. The molecule has 0 aliphatic carbocycles. The molecule has 2 nitrogen and oxygen atoms in total. The molecule has 0 saturated heterocycles. The summed E-state index contributed by atoms with van der Waals surface area (Å²) in [4.78, 5) is 14.2. The Labute approximate surface area is 220 Å². The summed E-state index contributed by atoms with van der Waals surface area (Å²) >= 11 is 0. The van der Waals surface area contributed by atoms with Gasteiger partial charge in [-0.1, -0.05) is 12.5 Å². The molecule has 0 aliphatic rings. The quantitative estimate of drug-likeness (QED) is 0.355. The van der Waals surface area contributed by atoms with E-state index in [1.165, 1.54) is 30.5 Å². The Morgan fingerprint density at radius 1 is 0.958 bits per heavy atom.